The zero-order chi connectivity index (χ0) is 13.6. The Bertz CT molecular complexity index is 565. The summed E-state index contributed by atoms with van der Waals surface area (Å²) in [6, 6.07) is 5.34. The Balaban J connectivity index is 2.25. The minimum Gasteiger partial charge on any atom is -0.487 e. The molecule has 0 amide bonds. The Morgan fingerprint density at radius 2 is 2.00 bits per heavy atom. The van der Waals surface area contributed by atoms with Crippen molar-refractivity contribution in [2.75, 3.05) is 18.8 Å². The van der Waals surface area contributed by atoms with Gasteiger partial charge in [-0.2, -0.15) is 12.7 Å². The molecule has 0 radical (unpaired) electrons. The second kappa shape index (κ2) is 4.13. The molecule has 18 heavy (non-hydrogen) atoms. The maximum atomic E-state index is 11.7. The second-order valence-corrected chi connectivity index (χ2v) is 7.14. The first-order valence-corrected chi connectivity index (χ1v) is 7.16. The molecule has 5 nitrogen and oxygen atoms in total. The van der Waals surface area contributed by atoms with Crippen LogP contribution < -0.4 is 9.46 Å². The minimum absolute atomic E-state index is 0.221. The van der Waals surface area contributed by atoms with Crippen LogP contribution in [0.1, 0.15) is 19.4 Å². The quantitative estimate of drug-likeness (QED) is 0.908. The smallest absolute Gasteiger partial charge is 0.301 e. The molecule has 0 unspecified atom stereocenters. The highest BCUT2D eigenvalue weighted by Crippen LogP contribution is 2.36. The van der Waals surface area contributed by atoms with Gasteiger partial charge in [0, 0.05) is 26.1 Å². The first-order valence-electron chi connectivity index (χ1n) is 5.72. The van der Waals surface area contributed by atoms with E-state index in [0.717, 1.165) is 22.0 Å². The molecule has 1 aliphatic rings. The molecule has 0 saturated heterocycles. The standard InChI is InChI=1S/C12H18N2O3S/c1-12(2)8-9-7-10(5-6-11(9)17-12)13-18(15,16)14(3)4/h5-7,13H,8H2,1-4H3. The molecule has 0 aliphatic carbocycles. The number of benzene rings is 1. The van der Waals surface area contributed by atoms with Crippen LogP contribution in [-0.4, -0.2) is 32.4 Å². The van der Waals surface area contributed by atoms with Gasteiger partial charge >= 0.3 is 10.2 Å². The number of nitrogens with zero attached hydrogens (tertiary/aromatic N) is 1. The normalized spacial score (nSPS) is 17.4. The maximum Gasteiger partial charge on any atom is 0.301 e. The molecule has 0 spiro atoms. The summed E-state index contributed by atoms with van der Waals surface area (Å²) < 4.78 is 32.8. The Kier molecular flexibility index (Phi) is 3.03. The summed E-state index contributed by atoms with van der Waals surface area (Å²) in [7, 11) is -0.479. The van der Waals surface area contributed by atoms with E-state index in [4.69, 9.17) is 4.74 Å². The maximum absolute atomic E-state index is 11.7. The van der Waals surface area contributed by atoms with Gasteiger partial charge in [0.25, 0.3) is 0 Å². The van der Waals surface area contributed by atoms with Gasteiger partial charge in [-0.1, -0.05) is 0 Å². The number of anilines is 1. The van der Waals surface area contributed by atoms with E-state index in [-0.39, 0.29) is 5.60 Å². The van der Waals surface area contributed by atoms with Gasteiger partial charge in [0.1, 0.15) is 11.4 Å². The molecule has 2 rings (SSSR count). The molecule has 1 aromatic rings. The topological polar surface area (TPSA) is 58.6 Å². The summed E-state index contributed by atoms with van der Waals surface area (Å²) in [5, 5.41) is 0. The minimum atomic E-state index is -3.45. The average molecular weight is 270 g/mol. The van der Waals surface area contributed by atoms with Gasteiger partial charge in [-0.05, 0) is 32.0 Å². The first kappa shape index (κ1) is 13.2. The molecule has 0 aromatic heterocycles. The fraction of sp³-hybridized carbons (Fsp3) is 0.500. The molecular formula is C12H18N2O3S. The molecule has 1 heterocycles. The number of hydrogen-bond donors (Lipinski definition) is 1. The fourth-order valence-electron chi connectivity index (χ4n) is 1.91. The summed E-state index contributed by atoms with van der Waals surface area (Å²) in [5.74, 6) is 0.827. The third-order valence-corrected chi connectivity index (χ3v) is 4.25. The molecule has 0 saturated carbocycles. The van der Waals surface area contributed by atoms with E-state index in [1.54, 1.807) is 12.1 Å². The second-order valence-electron chi connectivity index (χ2n) is 5.25. The van der Waals surface area contributed by atoms with E-state index in [1.165, 1.54) is 14.1 Å². The summed E-state index contributed by atoms with van der Waals surface area (Å²) >= 11 is 0. The van der Waals surface area contributed by atoms with Crippen LogP contribution in [0.4, 0.5) is 5.69 Å². The Morgan fingerprint density at radius 1 is 1.33 bits per heavy atom. The van der Waals surface area contributed by atoms with E-state index in [0.29, 0.717) is 5.69 Å². The van der Waals surface area contributed by atoms with Crippen molar-refractivity contribution in [2.45, 2.75) is 25.9 Å². The van der Waals surface area contributed by atoms with E-state index >= 15 is 0 Å². The summed E-state index contributed by atoms with van der Waals surface area (Å²) in [6.07, 6.45) is 0.778. The third kappa shape index (κ3) is 2.59. The van der Waals surface area contributed by atoms with Gasteiger partial charge in [0.05, 0.1) is 5.69 Å². The van der Waals surface area contributed by atoms with Crippen molar-refractivity contribution in [2.24, 2.45) is 0 Å². The Labute approximate surface area is 108 Å². The van der Waals surface area contributed by atoms with Crippen molar-refractivity contribution in [1.29, 1.82) is 0 Å². The lowest BCUT2D eigenvalue weighted by Gasteiger charge is -2.16. The highest BCUT2D eigenvalue weighted by atomic mass is 32.2. The van der Waals surface area contributed by atoms with E-state index in [9.17, 15) is 8.42 Å². The number of fused-ring (bicyclic) bond motifs is 1. The largest absolute Gasteiger partial charge is 0.487 e. The lowest BCUT2D eigenvalue weighted by molar-refractivity contribution is 0.138. The molecule has 100 valence electrons. The van der Waals surface area contributed by atoms with E-state index in [1.807, 2.05) is 19.9 Å². The van der Waals surface area contributed by atoms with Crippen molar-refractivity contribution < 1.29 is 13.2 Å². The van der Waals surface area contributed by atoms with Gasteiger partial charge in [-0.3, -0.25) is 4.72 Å². The van der Waals surface area contributed by atoms with Crippen LogP contribution in [0.25, 0.3) is 0 Å². The highest BCUT2D eigenvalue weighted by Gasteiger charge is 2.30. The van der Waals surface area contributed by atoms with Crippen LogP contribution in [0.3, 0.4) is 0 Å². The summed E-state index contributed by atoms with van der Waals surface area (Å²) in [6.45, 7) is 4.02. The average Bonchev–Trinajstić information content (AvgIpc) is 2.50. The number of hydrogen-bond acceptors (Lipinski definition) is 3. The van der Waals surface area contributed by atoms with Crippen LogP contribution in [0.5, 0.6) is 5.75 Å². The molecule has 0 atom stereocenters. The van der Waals surface area contributed by atoms with Crippen molar-refractivity contribution in [3.05, 3.63) is 23.8 Å². The zero-order valence-electron chi connectivity index (χ0n) is 11.0. The van der Waals surface area contributed by atoms with E-state index in [2.05, 4.69) is 4.72 Å². The lowest BCUT2D eigenvalue weighted by atomic mass is 10.0. The predicted octanol–water partition coefficient (Wildman–Crippen LogP) is 1.62. The number of nitrogens with one attached hydrogen (secondary N) is 1. The van der Waals surface area contributed by atoms with Crippen LogP contribution in [0, 0.1) is 0 Å². The van der Waals surface area contributed by atoms with Crippen LogP contribution in [0.15, 0.2) is 18.2 Å². The fourth-order valence-corrected chi connectivity index (χ4v) is 2.52. The van der Waals surface area contributed by atoms with Gasteiger partial charge in [0.15, 0.2) is 0 Å². The van der Waals surface area contributed by atoms with Crippen molar-refractivity contribution in [3.8, 4) is 5.75 Å². The molecule has 0 fully saturated rings. The summed E-state index contributed by atoms with van der Waals surface area (Å²) in [5.41, 5.74) is 1.36. The predicted molar refractivity (Wildman–Crippen MR) is 71.1 cm³/mol. The SMILES string of the molecule is CN(C)S(=O)(=O)Nc1ccc2c(c1)CC(C)(C)O2. The van der Waals surface area contributed by atoms with E-state index < -0.39 is 10.2 Å². The Hall–Kier alpha value is -1.27. The number of ether oxygens (including phenoxy) is 1. The molecule has 0 bridgehead atoms. The Morgan fingerprint density at radius 3 is 2.61 bits per heavy atom. The molecule has 1 aromatic carbocycles. The van der Waals surface area contributed by atoms with Crippen molar-refractivity contribution >= 4 is 15.9 Å². The highest BCUT2D eigenvalue weighted by molar-refractivity contribution is 7.90. The molecule has 1 aliphatic heterocycles. The van der Waals surface area contributed by atoms with Gasteiger partial charge < -0.3 is 4.74 Å². The molecule has 6 heteroatoms. The summed E-state index contributed by atoms with van der Waals surface area (Å²) in [4.78, 5) is 0. The van der Waals surface area contributed by atoms with Crippen LogP contribution >= 0.6 is 0 Å². The lowest BCUT2D eigenvalue weighted by Crippen LogP contribution is -2.28. The van der Waals surface area contributed by atoms with Crippen molar-refractivity contribution in [3.63, 3.8) is 0 Å². The van der Waals surface area contributed by atoms with Gasteiger partial charge in [-0.15, -0.1) is 0 Å². The number of rotatable bonds is 3. The monoisotopic (exact) mass is 270 g/mol. The molecular weight excluding hydrogens is 252 g/mol. The first-order chi connectivity index (χ1) is 8.20. The van der Waals surface area contributed by atoms with Gasteiger partial charge in [0.2, 0.25) is 0 Å². The van der Waals surface area contributed by atoms with Gasteiger partial charge in [-0.25, -0.2) is 0 Å². The van der Waals surface area contributed by atoms with Crippen LogP contribution in [0.2, 0.25) is 0 Å². The molecule has 1 N–H and O–H groups in total. The van der Waals surface area contributed by atoms with Crippen molar-refractivity contribution in [1.82, 2.24) is 4.31 Å². The van der Waals surface area contributed by atoms with Crippen LogP contribution in [-0.2, 0) is 16.6 Å². The third-order valence-electron chi connectivity index (χ3n) is 2.79. The zero-order valence-corrected chi connectivity index (χ0v) is 11.8.